The quantitative estimate of drug-likeness (QED) is 0.619. The van der Waals surface area contributed by atoms with E-state index in [1.807, 2.05) is 6.07 Å². The first kappa shape index (κ1) is 9.21. The minimum absolute atomic E-state index is 0.404. The van der Waals surface area contributed by atoms with Crippen molar-refractivity contribution in [1.29, 1.82) is 0 Å². The molecule has 0 aromatic heterocycles. The molecule has 2 atom stereocenters. The Bertz CT molecular complexity index is 485. The van der Waals surface area contributed by atoms with E-state index in [0.29, 0.717) is 11.3 Å². The molecule has 3 rings (SSSR count). The summed E-state index contributed by atoms with van der Waals surface area (Å²) < 4.78 is 10.3. The van der Waals surface area contributed by atoms with Gasteiger partial charge in [0, 0.05) is 0 Å². The second-order valence-electron chi connectivity index (χ2n) is 3.78. The molecule has 2 unspecified atom stereocenters. The van der Waals surface area contributed by atoms with Crippen LogP contribution in [0.15, 0.2) is 24.3 Å². The molecule has 1 saturated heterocycles. The van der Waals surface area contributed by atoms with Crippen LogP contribution in [0.5, 0.6) is 5.75 Å². The molecule has 82 valence electrons. The van der Waals surface area contributed by atoms with Crippen molar-refractivity contribution < 1.29 is 19.1 Å². The van der Waals surface area contributed by atoms with Gasteiger partial charge < -0.3 is 9.47 Å². The Labute approximate surface area is 91.6 Å². The van der Waals surface area contributed by atoms with E-state index in [4.69, 9.17) is 9.47 Å². The first-order chi connectivity index (χ1) is 7.68. The average Bonchev–Trinajstić information content (AvgIpc) is 2.57. The largest absolute Gasteiger partial charge is 0.435 e. The van der Waals surface area contributed by atoms with Crippen LogP contribution in [0.4, 0.5) is 4.79 Å². The lowest BCUT2D eigenvalue weighted by Gasteiger charge is -2.29. The average molecular weight is 219 g/mol. The topological polar surface area (TPSA) is 55.8 Å². The van der Waals surface area contributed by atoms with Crippen molar-refractivity contribution in [3.63, 3.8) is 0 Å². The van der Waals surface area contributed by atoms with E-state index >= 15 is 0 Å². The standard InChI is InChI=1S/C11H9NO4/c1-6-10(13)16-9-7-4-2-3-5-8(7)15-11(14)12(6)9/h2-6,9H,1H3. The fraction of sp³-hybridized carbons (Fsp3) is 0.273. The van der Waals surface area contributed by atoms with Crippen molar-refractivity contribution in [1.82, 2.24) is 4.90 Å². The van der Waals surface area contributed by atoms with E-state index in [0.717, 1.165) is 0 Å². The molecule has 0 spiro atoms. The lowest BCUT2D eigenvalue weighted by molar-refractivity contribution is -0.142. The second kappa shape index (κ2) is 2.98. The van der Waals surface area contributed by atoms with Gasteiger partial charge in [0.25, 0.3) is 0 Å². The van der Waals surface area contributed by atoms with Gasteiger partial charge in [-0.05, 0) is 19.1 Å². The van der Waals surface area contributed by atoms with Crippen LogP contribution in [0.1, 0.15) is 18.7 Å². The molecule has 0 N–H and O–H groups in total. The van der Waals surface area contributed by atoms with Crippen LogP contribution >= 0.6 is 0 Å². The molecule has 2 aliphatic heterocycles. The molecule has 1 fully saturated rings. The maximum atomic E-state index is 11.7. The third kappa shape index (κ3) is 1.05. The highest BCUT2D eigenvalue weighted by Crippen LogP contribution is 2.40. The number of esters is 1. The van der Waals surface area contributed by atoms with Gasteiger partial charge >= 0.3 is 12.1 Å². The molecule has 0 bridgehead atoms. The Balaban J connectivity index is 2.12. The zero-order valence-corrected chi connectivity index (χ0v) is 8.54. The van der Waals surface area contributed by atoms with Gasteiger partial charge in [0.2, 0.25) is 6.23 Å². The zero-order valence-electron chi connectivity index (χ0n) is 8.54. The number of fused-ring (bicyclic) bond motifs is 3. The molecule has 0 saturated carbocycles. The van der Waals surface area contributed by atoms with Gasteiger partial charge in [-0.15, -0.1) is 0 Å². The van der Waals surface area contributed by atoms with Crippen LogP contribution in [-0.2, 0) is 9.53 Å². The van der Waals surface area contributed by atoms with Crippen molar-refractivity contribution in [2.75, 3.05) is 0 Å². The highest BCUT2D eigenvalue weighted by molar-refractivity contribution is 5.86. The molecule has 0 aliphatic carbocycles. The third-order valence-corrected chi connectivity index (χ3v) is 2.83. The third-order valence-electron chi connectivity index (χ3n) is 2.83. The number of para-hydroxylation sites is 1. The minimum Gasteiger partial charge on any atom is -0.435 e. The lowest BCUT2D eigenvalue weighted by atomic mass is 10.1. The van der Waals surface area contributed by atoms with Crippen LogP contribution in [0.2, 0.25) is 0 Å². The summed E-state index contributed by atoms with van der Waals surface area (Å²) in [7, 11) is 0. The van der Waals surface area contributed by atoms with E-state index < -0.39 is 24.3 Å². The number of ether oxygens (including phenoxy) is 2. The molecule has 5 heteroatoms. The lowest BCUT2D eigenvalue weighted by Crippen LogP contribution is -2.42. The molecular formula is C11H9NO4. The zero-order chi connectivity index (χ0) is 11.3. The molecule has 1 aromatic rings. The summed E-state index contributed by atoms with van der Waals surface area (Å²) in [5, 5.41) is 0. The highest BCUT2D eigenvalue weighted by Gasteiger charge is 2.48. The number of benzene rings is 1. The predicted molar refractivity (Wildman–Crippen MR) is 52.6 cm³/mol. The van der Waals surface area contributed by atoms with Crippen LogP contribution in [0.3, 0.4) is 0 Å². The maximum Gasteiger partial charge on any atom is 0.419 e. The van der Waals surface area contributed by atoms with Gasteiger partial charge in [0.05, 0.1) is 5.56 Å². The van der Waals surface area contributed by atoms with Crippen LogP contribution in [-0.4, -0.2) is 23.0 Å². The first-order valence-electron chi connectivity index (χ1n) is 4.98. The van der Waals surface area contributed by atoms with Gasteiger partial charge in [0.15, 0.2) is 0 Å². The van der Waals surface area contributed by atoms with Gasteiger partial charge in [-0.25, -0.2) is 9.59 Å². The molecule has 2 heterocycles. The van der Waals surface area contributed by atoms with E-state index in [1.165, 1.54) is 4.90 Å². The number of rotatable bonds is 0. The molecule has 1 aromatic carbocycles. The number of nitrogens with zero attached hydrogens (tertiary/aromatic N) is 1. The monoisotopic (exact) mass is 219 g/mol. The summed E-state index contributed by atoms with van der Waals surface area (Å²) in [5.74, 6) is 0.0503. The van der Waals surface area contributed by atoms with E-state index in [2.05, 4.69) is 0 Å². The summed E-state index contributed by atoms with van der Waals surface area (Å²) in [5.41, 5.74) is 0.708. The Morgan fingerprint density at radius 1 is 1.25 bits per heavy atom. The summed E-state index contributed by atoms with van der Waals surface area (Å²) in [6.45, 7) is 1.62. The fourth-order valence-electron chi connectivity index (χ4n) is 1.97. The molecule has 0 radical (unpaired) electrons. The van der Waals surface area contributed by atoms with Crippen LogP contribution in [0.25, 0.3) is 0 Å². The van der Waals surface area contributed by atoms with E-state index in [9.17, 15) is 9.59 Å². The Morgan fingerprint density at radius 2 is 2.00 bits per heavy atom. The number of carbonyl (C=O) groups is 2. The van der Waals surface area contributed by atoms with Gasteiger partial charge in [0.1, 0.15) is 11.8 Å². The van der Waals surface area contributed by atoms with Gasteiger partial charge in [-0.1, -0.05) is 12.1 Å². The highest BCUT2D eigenvalue weighted by atomic mass is 16.6. The molecular weight excluding hydrogens is 210 g/mol. The van der Waals surface area contributed by atoms with Gasteiger partial charge in [-0.2, -0.15) is 0 Å². The van der Waals surface area contributed by atoms with Crippen molar-refractivity contribution >= 4 is 12.1 Å². The smallest absolute Gasteiger partial charge is 0.419 e. The molecule has 2 aliphatic rings. The Hall–Kier alpha value is -2.04. The van der Waals surface area contributed by atoms with Crippen molar-refractivity contribution in [2.45, 2.75) is 19.2 Å². The SMILES string of the molecule is CC1C(=O)OC2c3ccccc3OC(=O)N12. The van der Waals surface area contributed by atoms with Gasteiger partial charge in [-0.3, -0.25) is 4.90 Å². The van der Waals surface area contributed by atoms with E-state index in [1.54, 1.807) is 25.1 Å². The minimum atomic E-state index is -0.639. The summed E-state index contributed by atoms with van der Waals surface area (Å²) >= 11 is 0. The first-order valence-corrected chi connectivity index (χ1v) is 4.98. The Kier molecular flexibility index (Phi) is 1.71. The number of hydrogen-bond donors (Lipinski definition) is 0. The maximum absolute atomic E-state index is 11.7. The van der Waals surface area contributed by atoms with Crippen LogP contribution < -0.4 is 4.74 Å². The second-order valence-corrected chi connectivity index (χ2v) is 3.78. The predicted octanol–water partition coefficient (Wildman–Crippen LogP) is 1.44. The molecule has 5 nitrogen and oxygen atoms in total. The van der Waals surface area contributed by atoms with Crippen molar-refractivity contribution in [3.05, 3.63) is 29.8 Å². The number of amides is 1. The number of carbonyl (C=O) groups excluding carboxylic acids is 2. The normalized spacial score (nSPS) is 26.9. The number of hydrogen-bond acceptors (Lipinski definition) is 4. The molecule has 16 heavy (non-hydrogen) atoms. The Morgan fingerprint density at radius 3 is 2.81 bits per heavy atom. The molecule has 1 amide bonds. The van der Waals surface area contributed by atoms with Crippen LogP contribution in [0, 0.1) is 0 Å². The summed E-state index contributed by atoms with van der Waals surface area (Å²) in [6, 6.07) is 6.45. The summed E-state index contributed by atoms with van der Waals surface area (Å²) in [6.07, 6.45) is -1.18. The van der Waals surface area contributed by atoms with E-state index in [-0.39, 0.29) is 0 Å². The van der Waals surface area contributed by atoms with Crippen molar-refractivity contribution in [3.8, 4) is 5.75 Å². The van der Waals surface area contributed by atoms with Crippen molar-refractivity contribution in [2.24, 2.45) is 0 Å². The summed E-state index contributed by atoms with van der Waals surface area (Å²) in [4.78, 5) is 24.4. The fourth-order valence-corrected chi connectivity index (χ4v) is 1.97.